The lowest BCUT2D eigenvalue weighted by Gasteiger charge is -2.07. The fraction of sp³-hybridized carbons (Fsp3) is 0.0870. The van der Waals surface area contributed by atoms with Crippen LogP contribution in [0.3, 0.4) is 0 Å². The van der Waals surface area contributed by atoms with Crippen LogP contribution < -0.4 is 14.8 Å². The van der Waals surface area contributed by atoms with E-state index in [2.05, 4.69) is 15.5 Å². The molecule has 150 valence electrons. The van der Waals surface area contributed by atoms with E-state index in [0.29, 0.717) is 29.6 Å². The van der Waals surface area contributed by atoms with Crippen LogP contribution >= 0.6 is 0 Å². The highest BCUT2D eigenvalue weighted by Gasteiger charge is 2.14. The molecule has 0 aliphatic rings. The van der Waals surface area contributed by atoms with Gasteiger partial charge in [-0.1, -0.05) is 29.4 Å². The number of nitrogens with zero attached hydrogens (tertiary/aromatic N) is 2. The molecule has 4 rings (SSSR count). The van der Waals surface area contributed by atoms with Crippen LogP contribution in [0, 0.1) is 0 Å². The van der Waals surface area contributed by atoms with Gasteiger partial charge in [-0.2, -0.15) is 0 Å². The van der Waals surface area contributed by atoms with Crippen molar-refractivity contribution in [2.45, 2.75) is 6.92 Å². The molecule has 0 saturated heterocycles. The molecular weight excluding hydrogens is 382 g/mol. The molecule has 0 aliphatic heterocycles. The van der Waals surface area contributed by atoms with Gasteiger partial charge in [0.2, 0.25) is 5.89 Å². The molecule has 0 aliphatic carbocycles. The summed E-state index contributed by atoms with van der Waals surface area (Å²) in [7, 11) is 0. The van der Waals surface area contributed by atoms with Crippen LogP contribution in [0.15, 0.2) is 83.3 Å². The quantitative estimate of drug-likeness (QED) is 0.459. The van der Waals surface area contributed by atoms with Crippen molar-refractivity contribution in [2.75, 3.05) is 11.9 Å². The normalized spacial score (nSPS) is 10.4. The average Bonchev–Trinajstić information content (AvgIpc) is 3.24. The van der Waals surface area contributed by atoms with E-state index in [-0.39, 0.29) is 11.9 Å². The molecule has 0 saturated carbocycles. The number of anilines is 1. The number of nitrogens with one attached hydrogen (secondary N) is 1. The van der Waals surface area contributed by atoms with Crippen molar-refractivity contribution in [1.82, 2.24) is 10.2 Å². The van der Waals surface area contributed by atoms with Crippen molar-refractivity contribution in [1.29, 1.82) is 0 Å². The summed E-state index contributed by atoms with van der Waals surface area (Å²) in [5, 5.41) is 10.5. The molecule has 1 amide bonds. The monoisotopic (exact) mass is 401 g/mol. The highest BCUT2D eigenvalue weighted by Crippen LogP contribution is 2.24. The summed E-state index contributed by atoms with van der Waals surface area (Å²) in [5.41, 5.74) is 1.13. The highest BCUT2D eigenvalue weighted by molar-refractivity contribution is 6.03. The first-order valence-corrected chi connectivity index (χ1v) is 9.42. The predicted molar refractivity (Wildman–Crippen MR) is 112 cm³/mol. The van der Waals surface area contributed by atoms with Gasteiger partial charge in [-0.05, 0) is 61.5 Å². The molecular formula is C23H19N3O4. The molecule has 7 nitrogen and oxygen atoms in total. The number of hydrogen-bond acceptors (Lipinski definition) is 6. The Morgan fingerprint density at radius 2 is 1.67 bits per heavy atom. The Hall–Kier alpha value is -4.13. The van der Waals surface area contributed by atoms with Gasteiger partial charge in [0.25, 0.3) is 5.91 Å². The lowest BCUT2D eigenvalue weighted by atomic mass is 10.2. The fourth-order valence-electron chi connectivity index (χ4n) is 2.75. The van der Waals surface area contributed by atoms with Crippen LogP contribution in [0.2, 0.25) is 0 Å². The van der Waals surface area contributed by atoms with Gasteiger partial charge in [-0.3, -0.25) is 10.1 Å². The third kappa shape index (κ3) is 4.64. The first-order valence-electron chi connectivity index (χ1n) is 9.42. The van der Waals surface area contributed by atoms with Gasteiger partial charge in [0, 0.05) is 11.1 Å². The molecule has 0 radical (unpaired) electrons. The van der Waals surface area contributed by atoms with Crippen LogP contribution in [0.25, 0.3) is 11.5 Å². The Balaban J connectivity index is 1.44. The van der Waals surface area contributed by atoms with Crippen LogP contribution in [0.1, 0.15) is 17.3 Å². The number of aromatic nitrogens is 2. The van der Waals surface area contributed by atoms with E-state index < -0.39 is 0 Å². The van der Waals surface area contributed by atoms with Crippen molar-refractivity contribution in [3.05, 3.63) is 84.4 Å². The zero-order chi connectivity index (χ0) is 20.8. The Labute approximate surface area is 173 Å². The molecule has 0 spiro atoms. The number of hydrogen-bond donors (Lipinski definition) is 1. The molecule has 0 fully saturated rings. The van der Waals surface area contributed by atoms with Crippen molar-refractivity contribution in [3.8, 4) is 28.7 Å². The minimum atomic E-state index is -0.379. The molecule has 0 unspecified atom stereocenters. The summed E-state index contributed by atoms with van der Waals surface area (Å²) in [6.07, 6.45) is 0. The van der Waals surface area contributed by atoms with E-state index in [0.717, 1.165) is 11.3 Å². The molecule has 0 atom stereocenters. The fourth-order valence-corrected chi connectivity index (χ4v) is 2.75. The van der Waals surface area contributed by atoms with Gasteiger partial charge >= 0.3 is 6.01 Å². The maximum Gasteiger partial charge on any atom is 0.322 e. The maximum absolute atomic E-state index is 12.6. The SMILES string of the molecule is CCOc1ccc(-c2nnc(NC(=O)c3cccc(Oc4ccccc4)c3)o2)cc1. The smallest absolute Gasteiger partial charge is 0.322 e. The number of carbonyl (C=O) groups excluding carboxylic acids is 1. The van der Waals surface area contributed by atoms with Gasteiger partial charge in [0.1, 0.15) is 17.2 Å². The largest absolute Gasteiger partial charge is 0.494 e. The summed E-state index contributed by atoms with van der Waals surface area (Å²) in [4.78, 5) is 12.6. The van der Waals surface area contributed by atoms with Crippen molar-refractivity contribution < 1.29 is 18.7 Å². The Bertz CT molecular complexity index is 1120. The predicted octanol–water partition coefficient (Wildman–Crippen LogP) is 5.18. The first kappa shape index (κ1) is 19.2. The molecule has 30 heavy (non-hydrogen) atoms. The van der Waals surface area contributed by atoms with Crippen LogP contribution in [0.4, 0.5) is 6.01 Å². The highest BCUT2D eigenvalue weighted by atomic mass is 16.5. The molecule has 7 heteroatoms. The lowest BCUT2D eigenvalue weighted by molar-refractivity contribution is 0.102. The van der Waals surface area contributed by atoms with Crippen molar-refractivity contribution in [2.24, 2.45) is 0 Å². The number of para-hydroxylation sites is 1. The summed E-state index contributed by atoms with van der Waals surface area (Å²) in [5.74, 6) is 1.92. The van der Waals surface area contributed by atoms with Crippen LogP contribution in [0.5, 0.6) is 17.2 Å². The minimum Gasteiger partial charge on any atom is -0.494 e. The summed E-state index contributed by atoms with van der Waals surface area (Å²) in [6, 6.07) is 23.5. The number of carbonyl (C=O) groups is 1. The Kier molecular flexibility index (Phi) is 5.70. The molecule has 4 aromatic rings. The van der Waals surface area contributed by atoms with Crippen molar-refractivity contribution >= 4 is 11.9 Å². The maximum atomic E-state index is 12.6. The summed E-state index contributed by atoms with van der Waals surface area (Å²) < 4.78 is 16.7. The lowest BCUT2D eigenvalue weighted by Crippen LogP contribution is -2.12. The van der Waals surface area contributed by atoms with Gasteiger partial charge in [-0.25, -0.2) is 0 Å². The summed E-state index contributed by atoms with van der Waals surface area (Å²) in [6.45, 7) is 2.51. The number of amides is 1. The average molecular weight is 401 g/mol. The van der Waals surface area contributed by atoms with E-state index >= 15 is 0 Å². The third-order valence-electron chi connectivity index (χ3n) is 4.13. The first-order chi connectivity index (χ1) is 14.7. The second kappa shape index (κ2) is 8.91. The van der Waals surface area contributed by atoms with Gasteiger partial charge in [-0.15, -0.1) is 5.10 Å². The molecule has 0 bridgehead atoms. The van der Waals surface area contributed by atoms with E-state index in [1.54, 1.807) is 24.3 Å². The second-order valence-corrected chi connectivity index (χ2v) is 6.27. The molecule has 1 heterocycles. The molecule has 1 aromatic heterocycles. The minimum absolute atomic E-state index is 0.0123. The zero-order valence-corrected chi connectivity index (χ0v) is 16.2. The van der Waals surface area contributed by atoms with E-state index in [9.17, 15) is 4.79 Å². The van der Waals surface area contributed by atoms with Gasteiger partial charge in [0.05, 0.1) is 6.61 Å². The van der Waals surface area contributed by atoms with E-state index in [1.807, 2.05) is 61.5 Å². The van der Waals surface area contributed by atoms with Gasteiger partial charge < -0.3 is 13.9 Å². The van der Waals surface area contributed by atoms with Crippen LogP contribution in [-0.4, -0.2) is 22.7 Å². The molecule has 3 aromatic carbocycles. The summed E-state index contributed by atoms with van der Waals surface area (Å²) >= 11 is 0. The number of benzene rings is 3. The third-order valence-corrected chi connectivity index (χ3v) is 4.13. The van der Waals surface area contributed by atoms with E-state index in [4.69, 9.17) is 13.9 Å². The zero-order valence-electron chi connectivity index (χ0n) is 16.2. The van der Waals surface area contributed by atoms with E-state index in [1.165, 1.54) is 0 Å². The van der Waals surface area contributed by atoms with Crippen LogP contribution in [-0.2, 0) is 0 Å². The Morgan fingerprint density at radius 1 is 0.900 bits per heavy atom. The standard InChI is InChI=1S/C23H19N3O4/c1-2-28-18-13-11-16(12-14-18)22-25-26-23(30-22)24-21(27)17-7-6-10-20(15-17)29-19-8-4-3-5-9-19/h3-15H,2H2,1H3,(H,24,26,27). The topological polar surface area (TPSA) is 86.5 Å². The number of rotatable bonds is 7. The molecule has 1 N–H and O–H groups in total. The van der Waals surface area contributed by atoms with Crippen molar-refractivity contribution in [3.63, 3.8) is 0 Å². The van der Waals surface area contributed by atoms with Gasteiger partial charge in [0.15, 0.2) is 0 Å². The Morgan fingerprint density at radius 3 is 2.43 bits per heavy atom. The second-order valence-electron chi connectivity index (χ2n) is 6.27. The number of ether oxygens (including phenoxy) is 2.